The highest BCUT2D eigenvalue weighted by molar-refractivity contribution is 7.89. The molecule has 1 aliphatic heterocycles. The first-order chi connectivity index (χ1) is 12.0. The van der Waals surface area contributed by atoms with Crippen LogP contribution in [0.5, 0.6) is 0 Å². The third-order valence-corrected chi connectivity index (χ3v) is 6.49. The molecule has 5 nitrogen and oxygen atoms in total. The molecule has 0 radical (unpaired) electrons. The first-order valence-corrected chi connectivity index (χ1v) is 10.1. The van der Waals surface area contributed by atoms with Crippen LogP contribution in [0.15, 0.2) is 53.4 Å². The van der Waals surface area contributed by atoms with E-state index in [1.807, 2.05) is 18.2 Å². The van der Waals surface area contributed by atoms with E-state index in [2.05, 4.69) is 21.8 Å². The lowest BCUT2D eigenvalue weighted by Gasteiger charge is -2.32. The number of nitrogens with one attached hydrogen (secondary N) is 1. The zero-order chi connectivity index (χ0) is 17.9. The number of piperidine rings is 1. The molecule has 0 aromatic heterocycles. The molecule has 2 aromatic rings. The molecule has 1 fully saturated rings. The number of hydrogen-bond acceptors (Lipinski definition) is 4. The van der Waals surface area contributed by atoms with Gasteiger partial charge in [-0.1, -0.05) is 48.0 Å². The summed E-state index contributed by atoms with van der Waals surface area (Å²) in [4.78, 5) is 2.31. The van der Waals surface area contributed by atoms with Crippen LogP contribution in [-0.2, 0) is 16.6 Å². The number of nitrogens with two attached hydrogens (primary N) is 1. The van der Waals surface area contributed by atoms with E-state index in [4.69, 9.17) is 17.3 Å². The van der Waals surface area contributed by atoms with Crippen LogP contribution >= 0.6 is 11.6 Å². The van der Waals surface area contributed by atoms with E-state index in [0.29, 0.717) is 0 Å². The zero-order valence-electron chi connectivity index (χ0n) is 13.9. The highest BCUT2D eigenvalue weighted by atomic mass is 35.5. The van der Waals surface area contributed by atoms with Gasteiger partial charge in [0.2, 0.25) is 10.0 Å². The van der Waals surface area contributed by atoms with Gasteiger partial charge in [-0.05, 0) is 30.5 Å². The van der Waals surface area contributed by atoms with Gasteiger partial charge in [-0.25, -0.2) is 13.1 Å². The molecule has 7 heteroatoms. The number of hydrogen-bond donors (Lipinski definition) is 2. The molecule has 0 saturated carbocycles. The highest BCUT2D eigenvalue weighted by Gasteiger charge is 2.27. The number of anilines is 1. The van der Waals surface area contributed by atoms with Crippen molar-refractivity contribution >= 4 is 27.3 Å². The molecule has 3 N–H and O–H groups in total. The minimum absolute atomic E-state index is 0.0246. The van der Waals surface area contributed by atoms with Crippen LogP contribution in [0, 0.1) is 0 Å². The predicted molar refractivity (Wildman–Crippen MR) is 101 cm³/mol. The number of nitrogen functional groups attached to an aromatic ring is 1. The Hall–Kier alpha value is -1.60. The lowest BCUT2D eigenvalue weighted by molar-refractivity contribution is 0.200. The van der Waals surface area contributed by atoms with E-state index in [-0.39, 0.29) is 21.6 Å². The van der Waals surface area contributed by atoms with Gasteiger partial charge in [-0.3, -0.25) is 4.90 Å². The molecule has 1 aliphatic rings. The normalized spacial score (nSPS) is 16.8. The van der Waals surface area contributed by atoms with Crippen molar-refractivity contribution in [3.05, 3.63) is 59.1 Å². The second kappa shape index (κ2) is 7.74. The maximum Gasteiger partial charge on any atom is 0.244 e. The first-order valence-electron chi connectivity index (χ1n) is 8.28. The summed E-state index contributed by atoms with van der Waals surface area (Å²) in [7, 11) is -3.72. The van der Waals surface area contributed by atoms with Crippen molar-refractivity contribution in [2.24, 2.45) is 0 Å². The highest BCUT2D eigenvalue weighted by Crippen LogP contribution is 2.27. The minimum atomic E-state index is -3.72. The van der Waals surface area contributed by atoms with Gasteiger partial charge in [-0.2, -0.15) is 0 Å². The number of rotatable bonds is 5. The van der Waals surface area contributed by atoms with E-state index in [0.717, 1.165) is 32.5 Å². The first kappa shape index (κ1) is 18.2. The molecule has 134 valence electrons. The molecular weight excluding hydrogens is 358 g/mol. The number of nitrogens with zero attached hydrogens (tertiary/aromatic N) is 1. The van der Waals surface area contributed by atoms with Crippen molar-refractivity contribution in [1.29, 1.82) is 0 Å². The molecule has 0 unspecified atom stereocenters. The predicted octanol–water partition coefficient (Wildman–Crippen LogP) is 2.87. The fraction of sp³-hybridized carbons (Fsp3) is 0.333. The third-order valence-electron chi connectivity index (χ3n) is 4.42. The van der Waals surface area contributed by atoms with Crippen molar-refractivity contribution < 1.29 is 8.42 Å². The Morgan fingerprint density at radius 1 is 1.08 bits per heavy atom. The van der Waals surface area contributed by atoms with E-state index in [1.54, 1.807) is 12.1 Å². The van der Waals surface area contributed by atoms with Crippen molar-refractivity contribution in [3.8, 4) is 0 Å². The lowest BCUT2D eigenvalue weighted by atomic mass is 10.1. The van der Waals surface area contributed by atoms with Crippen molar-refractivity contribution in [2.45, 2.75) is 30.3 Å². The molecule has 3 rings (SSSR count). The second-order valence-corrected chi connectivity index (χ2v) is 8.37. The summed E-state index contributed by atoms with van der Waals surface area (Å²) in [6, 6.07) is 14.9. The summed E-state index contributed by atoms with van der Waals surface area (Å²) >= 11 is 6.04. The standard InChI is InChI=1S/C18H22ClN3O2S/c19-16-7-4-8-17(20)18(16)25(23,24)21-15-9-11-22(12-10-15)13-14-5-2-1-3-6-14/h1-8,15,21H,9-13,20H2. The van der Waals surface area contributed by atoms with E-state index in [1.165, 1.54) is 11.6 Å². The van der Waals surface area contributed by atoms with Crippen LogP contribution < -0.4 is 10.5 Å². The Morgan fingerprint density at radius 2 is 1.76 bits per heavy atom. The maximum absolute atomic E-state index is 12.6. The van der Waals surface area contributed by atoms with Gasteiger partial charge in [0.1, 0.15) is 4.90 Å². The maximum atomic E-state index is 12.6. The monoisotopic (exact) mass is 379 g/mol. The molecule has 0 amide bonds. The summed E-state index contributed by atoms with van der Waals surface area (Å²) < 4.78 is 28.0. The summed E-state index contributed by atoms with van der Waals surface area (Å²) in [6.45, 7) is 2.58. The van der Waals surface area contributed by atoms with Crippen LogP contribution in [0.25, 0.3) is 0 Å². The Morgan fingerprint density at radius 3 is 2.40 bits per heavy atom. The molecular formula is C18H22ClN3O2S. The number of sulfonamides is 1. The van der Waals surface area contributed by atoms with Crippen LogP contribution in [0.4, 0.5) is 5.69 Å². The Labute approximate surface area is 153 Å². The fourth-order valence-corrected chi connectivity index (χ4v) is 5.12. The second-order valence-electron chi connectivity index (χ2n) is 6.32. The van der Waals surface area contributed by atoms with E-state index < -0.39 is 10.0 Å². The van der Waals surface area contributed by atoms with Crippen LogP contribution in [-0.4, -0.2) is 32.4 Å². The SMILES string of the molecule is Nc1cccc(Cl)c1S(=O)(=O)NC1CCN(Cc2ccccc2)CC1. The summed E-state index contributed by atoms with van der Waals surface area (Å²) in [5.41, 5.74) is 7.25. The van der Waals surface area contributed by atoms with E-state index in [9.17, 15) is 8.42 Å². The van der Waals surface area contributed by atoms with Crippen molar-refractivity contribution in [1.82, 2.24) is 9.62 Å². The summed E-state index contributed by atoms with van der Waals surface area (Å²) in [6.07, 6.45) is 1.52. The van der Waals surface area contributed by atoms with Gasteiger partial charge in [0.05, 0.1) is 10.7 Å². The summed E-state index contributed by atoms with van der Waals surface area (Å²) in [5.74, 6) is 0. The number of benzene rings is 2. The average molecular weight is 380 g/mol. The molecule has 1 saturated heterocycles. The zero-order valence-corrected chi connectivity index (χ0v) is 15.4. The molecule has 2 aromatic carbocycles. The number of likely N-dealkylation sites (tertiary alicyclic amines) is 1. The van der Waals surface area contributed by atoms with Crippen molar-refractivity contribution in [3.63, 3.8) is 0 Å². The molecule has 0 atom stereocenters. The molecule has 25 heavy (non-hydrogen) atoms. The van der Waals surface area contributed by atoms with Gasteiger partial charge in [0.15, 0.2) is 0 Å². The minimum Gasteiger partial charge on any atom is -0.398 e. The smallest absolute Gasteiger partial charge is 0.244 e. The summed E-state index contributed by atoms with van der Waals surface area (Å²) in [5, 5.41) is 0.147. The third kappa shape index (κ3) is 4.52. The Kier molecular flexibility index (Phi) is 5.64. The molecule has 0 bridgehead atoms. The van der Waals surface area contributed by atoms with Gasteiger partial charge >= 0.3 is 0 Å². The lowest BCUT2D eigenvalue weighted by Crippen LogP contribution is -2.44. The van der Waals surface area contributed by atoms with Crippen molar-refractivity contribution in [2.75, 3.05) is 18.8 Å². The van der Waals surface area contributed by atoms with Crippen LogP contribution in [0.1, 0.15) is 18.4 Å². The van der Waals surface area contributed by atoms with Gasteiger partial charge in [-0.15, -0.1) is 0 Å². The van der Waals surface area contributed by atoms with Gasteiger partial charge < -0.3 is 5.73 Å². The van der Waals surface area contributed by atoms with Gasteiger partial charge in [0.25, 0.3) is 0 Å². The quantitative estimate of drug-likeness (QED) is 0.783. The van der Waals surface area contributed by atoms with Gasteiger partial charge in [0, 0.05) is 25.7 Å². The fourth-order valence-electron chi connectivity index (χ4n) is 3.14. The van der Waals surface area contributed by atoms with Crippen LogP contribution in [0.3, 0.4) is 0 Å². The van der Waals surface area contributed by atoms with E-state index >= 15 is 0 Å². The topological polar surface area (TPSA) is 75.4 Å². The largest absolute Gasteiger partial charge is 0.398 e. The van der Waals surface area contributed by atoms with Crippen LogP contribution in [0.2, 0.25) is 5.02 Å². The molecule has 0 spiro atoms. The molecule has 1 heterocycles. The Bertz CT molecular complexity index is 799. The molecule has 0 aliphatic carbocycles. The number of halogens is 1. The Balaban J connectivity index is 1.60. The average Bonchev–Trinajstić information content (AvgIpc) is 2.57.